The van der Waals surface area contributed by atoms with Gasteiger partial charge in [0.2, 0.25) is 0 Å². The van der Waals surface area contributed by atoms with Crippen molar-refractivity contribution in [2.24, 2.45) is 0 Å². The molecule has 0 bridgehead atoms. The third kappa shape index (κ3) is 1.76. The molecule has 0 atom stereocenters. The van der Waals surface area contributed by atoms with E-state index >= 15 is 0 Å². The minimum absolute atomic E-state index is 0.620. The van der Waals surface area contributed by atoms with Crippen LogP contribution >= 0.6 is 23.2 Å². The Kier molecular flexibility index (Phi) is 2.48. The van der Waals surface area contributed by atoms with Crippen LogP contribution in [0.4, 0.5) is 0 Å². The summed E-state index contributed by atoms with van der Waals surface area (Å²) in [7, 11) is 0. The maximum atomic E-state index is 5.90. The third-order valence-corrected chi connectivity index (χ3v) is 2.40. The van der Waals surface area contributed by atoms with Gasteiger partial charge in [0, 0.05) is 21.3 Å². The van der Waals surface area contributed by atoms with Crippen LogP contribution in [0.5, 0.6) is 0 Å². The lowest BCUT2D eigenvalue weighted by Gasteiger charge is -2.00. The molecule has 72 valence electrons. The summed E-state index contributed by atoms with van der Waals surface area (Å²) in [6.07, 6.45) is 1.65. The lowest BCUT2D eigenvalue weighted by atomic mass is 10.1. The van der Waals surface area contributed by atoms with Gasteiger partial charge in [0.1, 0.15) is 0 Å². The highest BCUT2D eigenvalue weighted by Gasteiger charge is 2.06. The highest BCUT2D eigenvalue weighted by molar-refractivity contribution is 6.35. The van der Waals surface area contributed by atoms with Crippen LogP contribution in [0.25, 0.3) is 11.3 Å². The highest BCUT2D eigenvalue weighted by atomic mass is 35.5. The van der Waals surface area contributed by atoms with Crippen molar-refractivity contribution in [1.82, 2.24) is 9.97 Å². The SMILES string of the molecule is Cc1[nH]cnc1-c1cc(Cl)cc(Cl)c1. The Hall–Kier alpha value is -0.990. The zero-order valence-corrected chi connectivity index (χ0v) is 9.02. The maximum Gasteiger partial charge on any atom is 0.0929 e. The molecule has 0 amide bonds. The molecule has 2 aromatic rings. The molecule has 1 heterocycles. The number of aryl methyl sites for hydroxylation is 1. The number of halogens is 2. The smallest absolute Gasteiger partial charge is 0.0929 e. The van der Waals surface area contributed by atoms with Crippen LogP contribution in [-0.4, -0.2) is 9.97 Å². The predicted molar refractivity (Wildman–Crippen MR) is 58.8 cm³/mol. The topological polar surface area (TPSA) is 28.7 Å². The van der Waals surface area contributed by atoms with E-state index in [0.29, 0.717) is 10.0 Å². The number of nitrogens with zero attached hydrogens (tertiary/aromatic N) is 1. The van der Waals surface area contributed by atoms with Crippen LogP contribution in [-0.2, 0) is 0 Å². The highest BCUT2D eigenvalue weighted by Crippen LogP contribution is 2.27. The molecule has 2 nitrogen and oxygen atoms in total. The van der Waals surface area contributed by atoms with Crippen molar-refractivity contribution in [3.05, 3.63) is 40.3 Å². The fourth-order valence-corrected chi connectivity index (χ4v) is 1.87. The predicted octanol–water partition coefficient (Wildman–Crippen LogP) is 3.69. The first-order valence-electron chi connectivity index (χ1n) is 4.13. The zero-order valence-electron chi connectivity index (χ0n) is 7.51. The van der Waals surface area contributed by atoms with Gasteiger partial charge in [-0.15, -0.1) is 0 Å². The Balaban J connectivity index is 2.57. The molecule has 14 heavy (non-hydrogen) atoms. The first kappa shape index (κ1) is 9.56. The van der Waals surface area contributed by atoms with Crippen molar-refractivity contribution in [3.8, 4) is 11.3 Å². The molecular weight excluding hydrogens is 219 g/mol. The van der Waals surface area contributed by atoms with Gasteiger partial charge in [0.05, 0.1) is 12.0 Å². The van der Waals surface area contributed by atoms with E-state index in [4.69, 9.17) is 23.2 Å². The molecular formula is C10H8Cl2N2. The summed E-state index contributed by atoms with van der Waals surface area (Å²) in [5, 5.41) is 1.24. The second-order valence-electron chi connectivity index (χ2n) is 3.03. The maximum absolute atomic E-state index is 5.90. The van der Waals surface area contributed by atoms with E-state index in [1.807, 2.05) is 19.1 Å². The molecule has 0 aliphatic heterocycles. The quantitative estimate of drug-likeness (QED) is 0.790. The first-order chi connectivity index (χ1) is 6.66. The lowest BCUT2D eigenvalue weighted by molar-refractivity contribution is 1.25. The van der Waals surface area contributed by atoms with Crippen molar-refractivity contribution >= 4 is 23.2 Å². The fraction of sp³-hybridized carbons (Fsp3) is 0.100. The number of aromatic amines is 1. The van der Waals surface area contributed by atoms with Gasteiger partial charge in [0.15, 0.2) is 0 Å². The fourth-order valence-electron chi connectivity index (χ4n) is 1.34. The average molecular weight is 227 g/mol. The Morgan fingerprint density at radius 3 is 2.29 bits per heavy atom. The number of imidazole rings is 1. The van der Waals surface area contributed by atoms with Gasteiger partial charge in [-0.05, 0) is 25.1 Å². The molecule has 0 unspecified atom stereocenters. The number of nitrogens with one attached hydrogen (secondary N) is 1. The minimum atomic E-state index is 0.620. The van der Waals surface area contributed by atoms with E-state index in [2.05, 4.69) is 9.97 Å². The van der Waals surface area contributed by atoms with E-state index in [1.54, 1.807) is 12.4 Å². The summed E-state index contributed by atoms with van der Waals surface area (Å²) in [5.41, 5.74) is 2.82. The van der Waals surface area contributed by atoms with Crippen molar-refractivity contribution in [3.63, 3.8) is 0 Å². The van der Waals surface area contributed by atoms with Crippen LogP contribution in [0.2, 0.25) is 10.0 Å². The summed E-state index contributed by atoms with van der Waals surface area (Å²) in [4.78, 5) is 7.20. The number of hydrogen-bond acceptors (Lipinski definition) is 1. The van der Waals surface area contributed by atoms with Gasteiger partial charge < -0.3 is 4.98 Å². The van der Waals surface area contributed by atoms with Crippen molar-refractivity contribution in [1.29, 1.82) is 0 Å². The largest absolute Gasteiger partial charge is 0.348 e. The molecule has 0 saturated heterocycles. The van der Waals surface area contributed by atoms with Gasteiger partial charge in [-0.2, -0.15) is 0 Å². The zero-order chi connectivity index (χ0) is 10.1. The molecule has 0 radical (unpaired) electrons. The molecule has 1 aromatic heterocycles. The van der Waals surface area contributed by atoms with Crippen LogP contribution in [0.15, 0.2) is 24.5 Å². The average Bonchev–Trinajstić information content (AvgIpc) is 2.49. The molecule has 1 aromatic carbocycles. The van der Waals surface area contributed by atoms with Crippen LogP contribution in [0.3, 0.4) is 0 Å². The molecule has 0 aliphatic rings. The first-order valence-corrected chi connectivity index (χ1v) is 4.89. The summed E-state index contributed by atoms with van der Waals surface area (Å²) in [6, 6.07) is 5.39. The van der Waals surface area contributed by atoms with Crippen molar-refractivity contribution in [2.45, 2.75) is 6.92 Å². The summed E-state index contributed by atoms with van der Waals surface area (Å²) in [6.45, 7) is 1.96. The van der Waals surface area contributed by atoms with Crippen LogP contribution in [0, 0.1) is 6.92 Å². The number of H-pyrrole nitrogens is 1. The molecule has 0 fully saturated rings. The van der Waals surface area contributed by atoms with E-state index in [-0.39, 0.29) is 0 Å². The number of benzene rings is 1. The van der Waals surface area contributed by atoms with Crippen molar-refractivity contribution in [2.75, 3.05) is 0 Å². The molecule has 4 heteroatoms. The number of hydrogen-bond donors (Lipinski definition) is 1. The number of rotatable bonds is 1. The minimum Gasteiger partial charge on any atom is -0.348 e. The second kappa shape index (κ2) is 3.64. The second-order valence-corrected chi connectivity index (χ2v) is 3.91. The van der Waals surface area contributed by atoms with Crippen molar-refractivity contribution < 1.29 is 0 Å². The van der Waals surface area contributed by atoms with Gasteiger partial charge in [-0.3, -0.25) is 0 Å². The van der Waals surface area contributed by atoms with E-state index in [1.165, 1.54) is 0 Å². The Labute approximate surface area is 91.9 Å². The van der Waals surface area contributed by atoms with Gasteiger partial charge >= 0.3 is 0 Å². The number of aromatic nitrogens is 2. The van der Waals surface area contributed by atoms with E-state index in [9.17, 15) is 0 Å². The van der Waals surface area contributed by atoms with Gasteiger partial charge in [-0.25, -0.2) is 4.98 Å². The molecule has 2 rings (SSSR count). The summed E-state index contributed by atoms with van der Waals surface area (Å²) >= 11 is 11.8. The molecule has 1 N–H and O–H groups in total. The Morgan fingerprint density at radius 1 is 1.14 bits per heavy atom. The monoisotopic (exact) mass is 226 g/mol. The van der Waals surface area contributed by atoms with Gasteiger partial charge in [-0.1, -0.05) is 23.2 Å². The van der Waals surface area contributed by atoms with E-state index < -0.39 is 0 Å². The normalized spacial score (nSPS) is 10.5. The summed E-state index contributed by atoms with van der Waals surface area (Å²) in [5.74, 6) is 0. The van der Waals surface area contributed by atoms with Crippen LogP contribution in [0.1, 0.15) is 5.69 Å². The lowest BCUT2D eigenvalue weighted by Crippen LogP contribution is -1.81. The molecule has 0 saturated carbocycles. The molecule has 0 spiro atoms. The van der Waals surface area contributed by atoms with Crippen LogP contribution < -0.4 is 0 Å². The molecule has 0 aliphatic carbocycles. The summed E-state index contributed by atoms with van der Waals surface area (Å²) < 4.78 is 0. The standard InChI is InChI=1S/C10H8Cl2N2/c1-6-10(14-5-13-6)7-2-8(11)4-9(12)3-7/h2-5H,1H3,(H,13,14). The Bertz CT molecular complexity index is 443. The third-order valence-electron chi connectivity index (χ3n) is 1.97. The van der Waals surface area contributed by atoms with E-state index in [0.717, 1.165) is 17.0 Å². The van der Waals surface area contributed by atoms with Gasteiger partial charge in [0.25, 0.3) is 0 Å². The Morgan fingerprint density at radius 2 is 1.79 bits per heavy atom.